The Bertz CT molecular complexity index is 620. The molecular weight excluding hydrogens is 268 g/mol. The molecule has 0 heterocycles. The van der Waals surface area contributed by atoms with E-state index < -0.39 is 5.97 Å². The van der Waals surface area contributed by atoms with E-state index in [-0.39, 0.29) is 5.56 Å². The van der Waals surface area contributed by atoms with Crippen molar-refractivity contribution in [3.8, 4) is 11.5 Å². The second kappa shape index (κ2) is 6.79. The van der Waals surface area contributed by atoms with E-state index in [4.69, 9.17) is 9.47 Å². The summed E-state index contributed by atoms with van der Waals surface area (Å²) in [6.45, 7) is 2.30. The number of hydrogen-bond donors (Lipinski definition) is 1. The summed E-state index contributed by atoms with van der Waals surface area (Å²) in [4.78, 5) is 11.2. The molecule has 4 heteroatoms. The molecule has 1 N–H and O–H groups in total. The number of methoxy groups -OCH3 is 1. The first-order chi connectivity index (χ1) is 10.2. The van der Waals surface area contributed by atoms with Crippen LogP contribution in [0.5, 0.6) is 11.5 Å². The van der Waals surface area contributed by atoms with Gasteiger partial charge in [-0.3, -0.25) is 0 Å². The zero-order chi connectivity index (χ0) is 15.2. The molecule has 0 aromatic heterocycles. The van der Waals surface area contributed by atoms with Crippen molar-refractivity contribution in [2.75, 3.05) is 7.11 Å². The first-order valence-corrected chi connectivity index (χ1v) is 6.77. The normalized spacial score (nSPS) is 10.2. The van der Waals surface area contributed by atoms with Gasteiger partial charge in [-0.05, 0) is 24.1 Å². The highest BCUT2D eigenvalue weighted by molar-refractivity contribution is 5.90. The average molecular weight is 286 g/mol. The van der Waals surface area contributed by atoms with E-state index in [1.807, 2.05) is 37.3 Å². The van der Waals surface area contributed by atoms with Gasteiger partial charge in [-0.1, -0.05) is 37.3 Å². The van der Waals surface area contributed by atoms with Gasteiger partial charge < -0.3 is 14.6 Å². The minimum atomic E-state index is -0.959. The zero-order valence-electron chi connectivity index (χ0n) is 12.1. The van der Waals surface area contributed by atoms with E-state index >= 15 is 0 Å². The topological polar surface area (TPSA) is 55.8 Å². The van der Waals surface area contributed by atoms with Crippen molar-refractivity contribution in [1.29, 1.82) is 0 Å². The maximum atomic E-state index is 11.2. The van der Waals surface area contributed by atoms with Crippen LogP contribution in [0.2, 0.25) is 0 Å². The van der Waals surface area contributed by atoms with Gasteiger partial charge >= 0.3 is 5.97 Å². The van der Waals surface area contributed by atoms with E-state index in [2.05, 4.69) is 0 Å². The van der Waals surface area contributed by atoms with Crippen LogP contribution in [0, 0.1) is 0 Å². The summed E-state index contributed by atoms with van der Waals surface area (Å²) >= 11 is 0. The minimum absolute atomic E-state index is 0.251. The molecule has 0 radical (unpaired) electrons. The summed E-state index contributed by atoms with van der Waals surface area (Å²) < 4.78 is 11.1. The number of benzene rings is 2. The number of ether oxygens (including phenoxy) is 2. The molecule has 0 atom stereocenters. The van der Waals surface area contributed by atoms with Crippen LogP contribution < -0.4 is 9.47 Å². The predicted molar refractivity (Wildman–Crippen MR) is 80.1 cm³/mol. The van der Waals surface area contributed by atoms with Gasteiger partial charge in [0.15, 0.2) is 11.5 Å². The van der Waals surface area contributed by atoms with Gasteiger partial charge in [-0.2, -0.15) is 0 Å². The van der Waals surface area contributed by atoms with E-state index in [0.717, 1.165) is 5.56 Å². The van der Waals surface area contributed by atoms with Crippen LogP contribution in [-0.4, -0.2) is 18.2 Å². The van der Waals surface area contributed by atoms with Crippen molar-refractivity contribution in [2.24, 2.45) is 0 Å². The molecule has 0 saturated heterocycles. The summed E-state index contributed by atoms with van der Waals surface area (Å²) in [6, 6.07) is 13.0. The van der Waals surface area contributed by atoms with Crippen molar-refractivity contribution in [1.82, 2.24) is 0 Å². The molecule has 0 amide bonds. The molecule has 110 valence electrons. The molecular formula is C17H18O4. The van der Waals surface area contributed by atoms with Crippen molar-refractivity contribution in [3.05, 3.63) is 59.2 Å². The van der Waals surface area contributed by atoms with Crippen LogP contribution in [-0.2, 0) is 13.0 Å². The molecule has 0 bridgehead atoms. The Morgan fingerprint density at radius 3 is 2.43 bits per heavy atom. The van der Waals surface area contributed by atoms with Gasteiger partial charge in [0.05, 0.1) is 12.7 Å². The summed E-state index contributed by atoms with van der Waals surface area (Å²) in [6.07, 6.45) is 0.563. The maximum absolute atomic E-state index is 11.2. The average Bonchev–Trinajstić information content (AvgIpc) is 2.52. The second-order valence-electron chi connectivity index (χ2n) is 4.56. The number of carboxylic acids is 1. The predicted octanol–water partition coefficient (Wildman–Crippen LogP) is 3.53. The van der Waals surface area contributed by atoms with E-state index in [1.54, 1.807) is 12.1 Å². The Morgan fingerprint density at radius 2 is 1.86 bits per heavy atom. The molecule has 2 aromatic rings. The van der Waals surface area contributed by atoms with Gasteiger partial charge in [0.25, 0.3) is 0 Å². The van der Waals surface area contributed by atoms with Gasteiger partial charge in [0.1, 0.15) is 6.61 Å². The lowest BCUT2D eigenvalue weighted by Gasteiger charge is -2.15. The molecule has 0 aliphatic rings. The highest BCUT2D eigenvalue weighted by Crippen LogP contribution is 2.34. The summed E-state index contributed by atoms with van der Waals surface area (Å²) in [5.74, 6) is 0.0938. The first-order valence-electron chi connectivity index (χ1n) is 6.77. The van der Waals surface area contributed by atoms with Crippen molar-refractivity contribution in [2.45, 2.75) is 20.0 Å². The van der Waals surface area contributed by atoms with Gasteiger partial charge in [0, 0.05) is 5.56 Å². The summed E-state index contributed by atoms with van der Waals surface area (Å²) in [7, 11) is 1.52. The van der Waals surface area contributed by atoms with Crippen molar-refractivity contribution in [3.63, 3.8) is 0 Å². The highest BCUT2D eigenvalue weighted by atomic mass is 16.5. The van der Waals surface area contributed by atoms with Gasteiger partial charge in [-0.25, -0.2) is 4.79 Å². The maximum Gasteiger partial charge on any atom is 0.336 e. The van der Waals surface area contributed by atoms with Crippen LogP contribution in [0.15, 0.2) is 42.5 Å². The third kappa shape index (κ3) is 3.34. The second-order valence-corrected chi connectivity index (χ2v) is 4.56. The minimum Gasteiger partial charge on any atom is -0.493 e. The van der Waals surface area contributed by atoms with Gasteiger partial charge in [-0.15, -0.1) is 0 Å². The largest absolute Gasteiger partial charge is 0.493 e. The van der Waals surface area contributed by atoms with Crippen LogP contribution in [0.4, 0.5) is 0 Å². The SMILES string of the molecule is CCc1c(C(=O)O)ccc(OCc2ccccc2)c1OC. The Balaban J connectivity index is 2.29. The Morgan fingerprint density at radius 1 is 1.14 bits per heavy atom. The zero-order valence-corrected chi connectivity index (χ0v) is 12.1. The monoisotopic (exact) mass is 286 g/mol. The number of hydrogen-bond acceptors (Lipinski definition) is 3. The molecule has 0 fully saturated rings. The summed E-state index contributed by atoms with van der Waals surface area (Å²) in [5.41, 5.74) is 1.94. The lowest BCUT2D eigenvalue weighted by atomic mass is 10.0. The third-order valence-corrected chi connectivity index (χ3v) is 3.25. The van der Waals surface area contributed by atoms with Crippen molar-refractivity contribution >= 4 is 5.97 Å². The Labute approximate surface area is 123 Å². The number of rotatable bonds is 6. The molecule has 2 rings (SSSR count). The lowest BCUT2D eigenvalue weighted by Crippen LogP contribution is -2.06. The molecule has 0 saturated carbocycles. The fourth-order valence-corrected chi connectivity index (χ4v) is 2.23. The van der Waals surface area contributed by atoms with E-state index in [0.29, 0.717) is 30.1 Å². The lowest BCUT2D eigenvalue weighted by molar-refractivity contribution is 0.0695. The van der Waals surface area contributed by atoms with Crippen LogP contribution in [0.25, 0.3) is 0 Å². The molecule has 21 heavy (non-hydrogen) atoms. The molecule has 2 aromatic carbocycles. The number of carbonyl (C=O) groups is 1. The van der Waals surface area contributed by atoms with Crippen LogP contribution in [0.3, 0.4) is 0 Å². The quantitative estimate of drug-likeness (QED) is 0.882. The van der Waals surface area contributed by atoms with Crippen LogP contribution >= 0.6 is 0 Å². The number of aromatic carboxylic acids is 1. The molecule has 0 spiro atoms. The first kappa shape index (κ1) is 14.9. The third-order valence-electron chi connectivity index (χ3n) is 3.25. The van der Waals surface area contributed by atoms with Gasteiger partial charge in [0.2, 0.25) is 0 Å². The van der Waals surface area contributed by atoms with Crippen LogP contribution in [0.1, 0.15) is 28.4 Å². The fourth-order valence-electron chi connectivity index (χ4n) is 2.23. The summed E-state index contributed by atoms with van der Waals surface area (Å²) in [5, 5.41) is 9.22. The molecule has 4 nitrogen and oxygen atoms in total. The Kier molecular flexibility index (Phi) is 4.82. The smallest absolute Gasteiger partial charge is 0.336 e. The molecule has 0 unspecified atom stereocenters. The molecule has 0 aliphatic heterocycles. The highest BCUT2D eigenvalue weighted by Gasteiger charge is 2.18. The Hall–Kier alpha value is -2.49. The van der Waals surface area contributed by atoms with Crippen molar-refractivity contribution < 1.29 is 19.4 Å². The number of carboxylic acid groups (broad SMARTS) is 1. The standard InChI is InChI=1S/C17H18O4/c1-3-13-14(17(18)19)9-10-15(16(13)20-2)21-11-12-7-5-4-6-8-12/h4-10H,3,11H2,1-2H3,(H,18,19). The van der Waals surface area contributed by atoms with E-state index in [9.17, 15) is 9.90 Å². The fraction of sp³-hybridized carbons (Fsp3) is 0.235. The molecule has 0 aliphatic carbocycles. The van der Waals surface area contributed by atoms with E-state index in [1.165, 1.54) is 7.11 Å².